The Morgan fingerprint density at radius 2 is 1.50 bits per heavy atom. The standard InChI is InChI=1S/C21H28N4O3/c1-16(2)21(28)24-14-12-23(13-15-24)19(26)8-9-20(27)25-11-10-18(22-25)17-6-4-3-5-7-17/h3-7,16H,8-15H2,1-2H3. The van der Waals surface area contributed by atoms with Crippen molar-refractivity contribution in [1.82, 2.24) is 14.8 Å². The summed E-state index contributed by atoms with van der Waals surface area (Å²) in [5, 5.41) is 5.91. The van der Waals surface area contributed by atoms with Crippen LogP contribution in [0.25, 0.3) is 0 Å². The molecule has 150 valence electrons. The number of nitrogens with zero attached hydrogens (tertiary/aromatic N) is 4. The van der Waals surface area contributed by atoms with E-state index in [0.717, 1.165) is 17.7 Å². The third-order valence-electron chi connectivity index (χ3n) is 5.19. The molecule has 1 fully saturated rings. The lowest BCUT2D eigenvalue weighted by Crippen LogP contribution is -2.51. The summed E-state index contributed by atoms with van der Waals surface area (Å²) in [5.74, 6) is -0.0468. The van der Waals surface area contributed by atoms with Crippen LogP contribution in [0.3, 0.4) is 0 Å². The van der Waals surface area contributed by atoms with E-state index in [-0.39, 0.29) is 36.5 Å². The van der Waals surface area contributed by atoms with Gasteiger partial charge in [-0.05, 0) is 5.56 Å². The van der Waals surface area contributed by atoms with Crippen molar-refractivity contribution in [2.75, 3.05) is 32.7 Å². The molecule has 0 spiro atoms. The average Bonchev–Trinajstić information content (AvgIpc) is 3.22. The zero-order chi connectivity index (χ0) is 20.1. The van der Waals surface area contributed by atoms with Crippen LogP contribution in [-0.2, 0) is 14.4 Å². The Morgan fingerprint density at radius 1 is 0.893 bits per heavy atom. The van der Waals surface area contributed by atoms with Crippen LogP contribution in [0, 0.1) is 5.92 Å². The molecule has 0 N–H and O–H groups in total. The third kappa shape index (κ3) is 4.77. The maximum absolute atomic E-state index is 12.4. The summed E-state index contributed by atoms with van der Waals surface area (Å²) >= 11 is 0. The summed E-state index contributed by atoms with van der Waals surface area (Å²) < 4.78 is 0. The molecule has 28 heavy (non-hydrogen) atoms. The SMILES string of the molecule is CC(C)C(=O)N1CCN(C(=O)CCC(=O)N2CCC(c3ccccc3)=N2)CC1. The normalized spacial score (nSPS) is 17.1. The molecular weight excluding hydrogens is 356 g/mol. The van der Waals surface area contributed by atoms with E-state index in [9.17, 15) is 14.4 Å². The lowest BCUT2D eigenvalue weighted by atomic mass is 10.1. The number of hydrogen-bond acceptors (Lipinski definition) is 4. The predicted octanol–water partition coefficient (Wildman–Crippen LogP) is 1.73. The van der Waals surface area contributed by atoms with E-state index in [1.807, 2.05) is 49.1 Å². The van der Waals surface area contributed by atoms with E-state index in [0.29, 0.717) is 32.7 Å². The van der Waals surface area contributed by atoms with E-state index in [2.05, 4.69) is 5.10 Å². The fourth-order valence-corrected chi connectivity index (χ4v) is 3.51. The summed E-state index contributed by atoms with van der Waals surface area (Å²) in [7, 11) is 0. The molecule has 2 aliphatic rings. The van der Waals surface area contributed by atoms with Crippen molar-refractivity contribution in [3.63, 3.8) is 0 Å². The van der Waals surface area contributed by atoms with Crippen molar-refractivity contribution >= 4 is 23.4 Å². The first kappa shape index (κ1) is 20.0. The zero-order valence-electron chi connectivity index (χ0n) is 16.6. The molecule has 2 heterocycles. The highest BCUT2D eigenvalue weighted by molar-refractivity contribution is 6.02. The lowest BCUT2D eigenvalue weighted by Gasteiger charge is -2.35. The fraction of sp³-hybridized carbons (Fsp3) is 0.524. The van der Waals surface area contributed by atoms with Crippen molar-refractivity contribution < 1.29 is 14.4 Å². The summed E-state index contributed by atoms with van der Waals surface area (Å²) in [6.45, 7) is 6.52. The monoisotopic (exact) mass is 384 g/mol. The van der Waals surface area contributed by atoms with E-state index in [1.165, 1.54) is 5.01 Å². The average molecular weight is 384 g/mol. The number of amides is 3. The number of benzene rings is 1. The van der Waals surface area contributed by atoms with Crippen LogP contribution in [0.2, 0.25) is 0 Å². The van der Waals surface area contributed by atoms with Gasteiger partial charge in [0.25, 0.3) is 0 Å². The smallest absolute Gasteiger partial charge is 0.243 e. The first-order chi connectivity index (χ1) is 13.5. The first-order valence-electron chi connectivity index (χ1n) is 9.95. The highest BCUT2D eigenvalue weighted by Gasteiger charge is 2.27. The number of hydrogen-bond donors (Lipinski definition) is 0. The second-order valence-corrected chi connectivity index (χ2v) is 7.54. The molecule has 2 aliphatic heterocycles. The Hall–Kier alpha value is -2.70. The topological polar surface area (TPSA) is 73.3 Å². The maximum Gasteiger partial charge on any atom is 0.243 e. The Balaban J connectivity index is 1.45. The molecule has 7 heteroatoms. The van der Waals surface area contributed by atoms with Crippen LogP contribution < -0.4 is 0 Å². The Kier molecular flexibility index (Phi) is 6.44. The molecule has 0 aliphatic carbocycles. The van der Waals surface area contributed by atoms with Crippen molar-refractivity contribution in [1.29, 1.82) is 0 Å². The number of rotatable bonds is 5. The fourth-order valence-electron chi connectivity index (χ4n) is 3.51. The molecule has 0 atom stereocenters. The molecule has 1 aromatic rings. The van der Waals surface area contributed by atoms with Crippen molar-refractivity contribution in [2.24, 2.45) is 11.0 Å². The van der Waals surface area contributed by atoms with Gasteiger partial charge in [-0.1, -0.05) is 44.2 Å². The summed E-state index contributed by atoms with van der Waals surface area (Å²) in [5.41, 5.74) is 1.94. The van der Waals surface area contributed by atoms with Crippen LogP contribution in [0.1, 0.15) is 38.7 Å². The van der Waals surface area contributed by atoms with Gasteiger partial charge in [0.2, 0.25) is 17.7 Å². The number of hydrazone groups is 1. The molecule has 1 aromatic carbocycles. The third-order valence-corrected chi connectivity index (χ3v) is 5.19. The number of piperazine rings is 1. The quantitative estimate of drug-likeness (QED) is 0.776. The van der Waals surface area contributed by atoms with E-state index in [1.54, 1.807) is 4.90 Å². The molecule has 0 unspecified atom stereocenters. The van der Waals surface area contributed by atoms with Gasteiger partial charge in [-0.3, -0.25) is 14.4 Å². The summed E-state index contributed by atoms with van der Waals surface area (Å²) in [6, 6.07) is 9.83. The van der Waals surface area contributed by atoms with Gasteiger partial charge in [0.05, 0.1) is 12.3 Å². The highest BCUT2D eigenvalue weighted by Crippen LogP contribution is 2.15. The van der Waals surface area contributed by atoms with Gasteiger partial charge < -0.3 is 9.80 Å². The molecule has 0 radical (unpaired) electrons. The summed E-state index contributed by atoms with van der Waals surface area (Å²) in [4.78, 5) is 40.4. The molecule has 3 rings (SSSR count). The van der Waals surface area contributed by atoms with Crippen LogP contribution >= 0.6 is 0 Å². The molecular formula is C21H28N4O3. The Bertz CT molecular complexity index is 752. The largest absolute Gasteiger partial charge is 0.339 e. The van der Waals surface area contributed by atoms with Crippen LogP contribution in [0.15, 0.2) is 35.4 Å². The minimum Gasteiger partial charge on any atom is -0.339 e. The number of carbonyl (C=O) groups is 3. The van der Waals surface area contributed by atoms with Crippen molar-refractivity contribution in [3.05, 3.63) is 35.9 Å². The molecule has 0 aromatic heterocycles. The summed E-state index contributed by atoms with van der Waals surface area (Å²) in [6.07, 6.45) is 1.08. The van der Waals surface area contributed by atoms with Gasteiger partial charge in [-0.25, -0.2) is 5.01 Å². The zero-order valence-corrected chi connectivity index (χ0v) is 16.6. The number of carbonyl (C=O) groups excluding carboxylic acids is 3. The Morgan fingerprint density at radius 3 is 2.14 bits per heavy atom. The highest BCUT2D eigenvalue weighted by atomic mass is 16.2. The van der Waals surface area contributed by atoms with Gasteiger partial charge in [0.1, 0.15) is 0 Å². The molecule has 0 saturated carbocycles. The van der Waals surface area contributed by atoms with Gasteiger partial charge in [-0.15, -0.1) is 0 Å². The lowest BCUT2D eigenvalue weighted by molar-refractivity contribution is -0.142. The van der Waals surface area contributed by atoms with E-state index < -0.39 is 0 Å². The van der Waals surface area contributed by atoms with Gasteiger partial charge in [0.15, 0.2) is 0 Å². The molecule has 1 saturated heterocycles. The van der Waals surface area contributed by atoms with E-state index >= 15 is 0 Å². The first-order valence-corrected chi connectivity index (χ1v) is 9.95. The molecule has 0 bridgehead atoms. The van der Waals surface area contributed by atoms with Crippen LogP contribution in [0.5, 0.6) is 0 Å². The molecule has 3 amide bonds. The van der Waals surface area contributed by atoms with Gasteiger partial charge >= 0.3 is 0 Å². The van der Waals surface area contributed by atoms with E-state index in [4.69, 9.17) is 0 Å². The minimum atomic E-state index is -0.118. The van der Waals surface area contributed by atoms with Crippen LogP contribution in [-0.4, -0.2) is 71.0 Å². The van der Waals surface area contributed by atoms with Gasteiger partial charge in [0, 0.05) is 51.4 Å². The van der Waals surface area contributed by atoms with Crippen molar-refractivity contribution in [3.8, 4) is 0 Å². The molecule has 7 nitrogen and oxygen atoms in total. The predicted molar refractivity (Wildman–Crippen MR) is 107 cm³/mol. The van der Waals surface area contributed by atoms with Crippen molar-refractivity contribution in [2.45, 2.75) is 33.1 Å². The Labute approximate surface area is 166 Å². The van der Waals surface area contributed by atoms with Crippen LogP contribution in [0.4, 0.5) is 0 Å². The second-order valence-electron chi connectivity index (χ2n) is 7.54. The maximum atomic E-state index is 12.4. The van der Waals surface area contributed by atoms with Gasteiger partial charge in [-0.2, -0.15) is 5.10 Å². The second kappa shape index (κ2) is 8.99. The minimum absolute atomic E-state index is 0.0262.